The molecule has 0 fully saturated rings. The van der Waals surface area contributed by atoms with Crippen molar-refractivity contribution < 1.29 is 0 Å². The van der Waals surface area contributed by atoms with Gasteiger partial charge in [0.25, 0.3) is 0 Å². The summed E-state index contributed by atoms with van der Waals surface area (Å²) in [5.41, 5.74) is 0. The van der Waals surface area contributed by atoms with Crippen LogP contribution in [0.3, 0.4) is 0 Å². The maximum atomic E-state index is 2.26. The van der Waals surface area contributed by atoms with Crippen LogP contribution in [0.1, 0.15) is 0 Å². The summed E-state index contributed by atoms with van der Waals surface area (Å²) in [7, 11) is 0. The van der Waals surface area contributed by atoms with Gasteiger partial charge in [0.1, 0.15) is 0 Å². The molecule has 18 heavy (non-hydrogen) atoms. The van der Waals surface area contributed by atoms with E-state index in [4.69, 9.17) is 0 Å². The summed E-state index contributed by atoms with van der Waals surface area (Å²) in [5.74, 6) is 0. The van der Waals surface area contributed by atoms with Gasteiger partial charge in [0.15, 0.2) is 0 Å². The van der Waals surface area contributed by atoms with Crippen molar-refractivity contribution in [1.29, 1.82) is 0 Å². The molecule has 0 saturated heterocycles. The van der Waals surface area contributed by atoms with Crippen molar-refractivity contribution in [2.24, 2.45) is 0 Å². The fraction of sp³-hybridized carbons (Fsp3) is 0. The number of thioether (sulfide) groups is 4. The van der Waals surface area contributed by atoms with E-state index in [9.17, 15) is 0 Å². The molecule has 4 aliphatic heterocycles. The Morgan fingerprint density at radius 3 is 1.06 bits per heavy atom. The molecular weight excluding hydrogens is 564 g/mol. The third-order valence-electron chi connectivity index (χ3n) is 2.05. The second-order valence-corrected chi connectivity index (χ2v) is 20.3. The first-order valence-electron chi connectivity index (χ1n) is 4.81. The quantitative estimate of drug-likeness (QED) is 0.412. The Bertz CT molecular complexity index is 478. The number of rotatable bonds is 0. The predicted molar refractivity (Wildman–Crippen MR) is 92.7 cm³/mol. The molecular formula is C10H4S4Se4. The summed E-state index contributed by atoms with van der Waals surface area (Å²) in [4.78, 5) is 0. The van der Waals surface area contributed by atoms with Gasteiger partial charge in [0, 0.05) is 0 Å². The predicted octanol–water partition coefficient (Wildman–Crippen LogP) is 3.11. The molecule has 0 amide bonds. The summed E-state index contributed by atoms with van der Waals surface area (Å²) in [5, 5.41) is 9.05. The summed E-state index contributed by atoms with van der Waals surface area (Å²) in [6.07, 6.45) is 0. The van der Waals surface area contributed by atoms with Gasteiger partial charge in [-0.2, -0.15) is 0 Å². The molecule has 0 aliphatic carbocycles. The summed E-state index contributed by atoms with van der Waals surface area (Å²) in [6.45, 7) is 0. The molecule has 0 saturated carbocycles. The number of hydrogen-bond acceptors (Lipinski definition) is 4. The van der Waals surface area contributed by atoms with Crippen LogP contribution < -0.4 is 0 Å². The van der Waals surface area contributed by atoms with E-state index in [0.717, 1.165) is 0 Å². The standard InChI is InChI=1S/C10H4S4Se4/c1-2-12-6-5(11-1)15-9(16-6)10-17-7-8(18-10)14-4-3-13-7/h1-4H. The topological polar surface area (TPSA) is 0 Å². The Kier molecular flexibility index (Phi) is 4.70. The van der Waals surface area contributed by atoms with Crippen LogP contribution in [-0.2, 0) is 0 Å². The van der Waals surface area contributed by atoms with E-state index in [1.54, 1.807) is 15.2 Å². The molecule has 4 rings (SSSR count). The fourth-order valence-electron chi connectivity index (χ4n) is 1.36. The van der Waals surface area contributed by atoms with Crippen molar-refractivity contribution in [1.82, 2.24) is 0 Å². The zero-order valence-electron chi connectivity index (χ0n) is 8.58. The molecule has 0 nitrogen and oxygen atoms in total. The Balaban J connectivity index is 1.55. The zero-order chi connectivity index (χ0) is 11.9. The van der Waals surface area contributed by atoms with Crippen molar-refractivity contribution >= 4 is 107 Å². The first-order valence-corrected chi connectivity index (χ1v) is 15.2. The Morgan fingerprint density at radius 1 is 0.500 bits per heavy atom. The Morgan fingerprint density at radius 2 is 0.778 bits per heavy atom. The van der Waals surface area contributed by atoms with Gasteiger partial charge in [0.05, 0.1) is 0 Å². The molecule has 4 aliphatic rings. The van der Waals surface area contributed by atoms with Gasteiger partial charge >= 0.3 is 150 Å². The van der Waals surface area contributed by atoms with Crippen molar-refractivity contribution in [2.45, 2.75) is 0 Å². The monoisotopic (exact) mass is 572 g/mol. The molecule has 0 radical (unpaired) electrons. The molecule has 0 spiro atoms. The van der Waals surface area contributed by atoms with Crippen molar-refractivity contribution in [3.63, 3.8) is 0 Å². The van der Waals surface area contributed by atoms with Gasteiger partial charge < -0.3 is 0 Å². The normalized spacial score (nSPS) is 26.2. The molecule has 0 N–H and O–H groups in total. The van der Waals surface area contributed by atoms with Gasteiger partial charge in [0.2, 0.25) is 0 Å². The minimum atomic E-state index is 0.675. The summed E-state index contributed by atoms with van der Waals surface area (Å²) in [6, 6.07) is 0. The van der Waals surface area contributed by atoms with E-state index >= 15 is 0 Å². The molecule has 0 aromatic rings. The van der Waals surface area contributed by atoms with Crippen LogP contribution in [0, 0.1) is 0 Å². The van der Waals surface area contributed by atoms with Gasteiger partial charge in [-0.3, -0.25) is 0 Å². The third kappa shape index (κ3) is 2.75. The zero-order valence-corrected chi connectivity index (χ0v) is 18.7. The van der Waals surface area contributed by atoms with E-state index in [2.05, 4.69) is 21.6 Å². The van der Waals surface area contributed by atoms with Gasteiger partial charge in [-0.25, -0.2) is 0 Å². The molecule has 0 bridgehead atoms. The second-order valence-electron chi connectivity index (χ2n) is 3.15. The third-order valence-corrected chi connectivity index (χ3v) is 24.8. The Hall–Kier alpha value is 2.18. The first-order chi connectivity index (χ1) is 8.90. The van der Waals surface area contributed by atoms with E-state index in [1.807, 2.05) is 53.8 Å². The molecule has 92 valence electrons. The van der Waals surface area contributed by atoms with E-state index < -0.39 is 0 Å². The van der Waals surface area contributed by atoms with Crippen LogP contribution in [0.15, 0.2) is 43.6 Å². The van der Waals surface area contributed by atoms with Crippen molar-refractivity contribution in [3.8, 4) is 0 Å². The molecule has 4 heterocycles. The molecule has 0 atom stereocenters. The minimum absolute atomic E-state index is 0.675. The average Bonchev–Trinajstić information content (AvgIpc) is 3.02. The van der Waals surface area contributed by atoms with Crippen LogP contribution in [0.4, 0.5) is 0 Å². The van der Waals surface area contributed by atoms with Crippen LogP contribution in [-0.4, -0.2) is 59.8 Å². The van der Waals surface area contributed by atoms with Crippen LogP contribution in [0.2, 0.25) is 0 Å². The van der Waals surface area contributed by atoms with Crippen LogP contribution >= 0.6 is 47.0 Å². The second kappa shape index (κ2) is 6.12. The van der Waals surface area contributed by atoms with Crippen molar-refractivity contribution in [2.75, 3.05) is 0 Å². The number of hydrogen-bond donors (Lipinski definition) is 0. The van der Waals surface area contributed by atoms with Crippen LogP contribution in [0.25, 0.3) is 0 Å². The average molecular weight is 568 g/mol. The summed E-state index contributed by atoms with van der Waals surface area (Å²) >= 11 is 10.6. The summed E-state index contributed by atoms with van der Waals surface area (Å²) < 4.78 is 10.6. The van der Waals surface area contributed by atoms with Crippen molar-refractivity contribution in [3.05, 3.63) is 43.6 Å². The van der Waals surface area contributed by atoms with Gasteiger partial charge in [-0.1, -0.05) is 0 Å². The first kappa shape index (κ1) is 13.8. The SMILES string of the molecule is C1=CSC2=C(S1)[Se]C(=C1[Se]C3=C(SC=CS3)[Se]1)[Se]2. The maximum absolute atomic E-state index is 2.26. The molecule has 8 heteroatoms. The van der Waals surface area contributed by atoms with Crippen LogP contribution in [0.5, 0.6) is 0 Å². The molecule has 0 unspecified atom stereocenters. The van der Waals surface area contributed by atoms with E-state index in [-0.39, 0.29) is 0 Å². The van der Waals surface area contributed by atoms with E-state index in [1.165, 1.54) is 0 Å². The fourth-order valence-corrected chi connectivity index (χ4v) is 25.8. The Labute approximate surface area is 148 Å². The molecule has 0 aromatic heterocycles. The van der Waals surface area contributed by atoms with Gasteiger partial charge in [-0.15, -0.1) is 0 Å². The van der Waals surface area contributed by atoms with E-state index in [0.29, 0.717) is 59.8 Å². The van der Waals surface area contributed by atoms with Gasteiger partial charge in [-0.05, 0) is 0 Å². The molecule has 0 aromatic carbocycles.